The lowest BCUT2D eigenvalue weighted by atomic mass is 9.95. The highest BCUT2D eigenvalue weighted by Gasteiger charge is 2.30. The van der Waals surface area contributed by atoms with E-state index in [1.165, 1.54) is 29.4 Å². The summed E-state index contributed by atoms with van der Waals surface area (Å²) in [6.07, 6.45) is 3.08. The third-order valence-electron chi connectivity index (χ3n) is 7.56. The quantitative estimate of drug-likeness (QED) is 0.342. The lowest BCUT2D eigenvalue weighted by molar-refractivity contribution is 0.229. The van der Waals surface area contributed by atoms with E-state index in [9.17, 15) is 9.18 Å². The Kier molecular flexibility index (Phi) is 6.36. The van der Waals surface area contributed by atoms with E-state index >= 15 is 4.39 Å². The van der Waals surface area contributed by atoms with E-state index in [0.29, 0.717) is 59.9 Å². The van der Waals surface area contributed by atoms with E-state index in [1.807, 2.05) is 13.8 Å². The maximum absolute atomic E-state index is 15.2. The first-order valence-electron chi connectivity index (χ1n) is 13.2. The van der Waals surface area contributed by atoms with Crippen molar-refractivity contribution < 1.29 is 18.1 Å². The van der Waals surface area contributed by atoms with Crippen molar-refractivity contribution in [3.05, 3.63) is 60.0 Å². The Labute approximate surface area is 224 Å². The summed E-state index contributed by atoms with van der Waals surface area (Å²) in [6.45, 7) is 6.35. The second kappa shape index (κ2) is 9.87. The Morgan fingerprint density at radius 2 is 1.82 bits per heavy atom. The minimum absolute atomic E-state index is 0.178. The molecule has 0 aliphatic carbocycles. The highest BCUT2D eigenvalue weighted by Crippen LogP contribution is 2.37. The first-order chi connectivity index (χ1) is 18.8. The lowest BCUT2D eigenvalue weighted by Gasteiger charge is -2.32. The van der Waals surface area contributed by atoms with Crippen LogP contribution in [0.1, 0.15) is 50.2 Å². The van der Waals surface area contributed by atoms with Gasteiger partial charge in [-0.3, -0.25) is 4.90 Å². The van der Waals surface area contributed by atoms with E-state index in [1.54, 1.807) is 24.1 Å². The molecule has 2 aliphatic rings. The minimum atomic E-state index is -0.549. The molecule has 0 saturated carbocycles. The maximum atomic E-state index is 15.2. The number of carbonyl (C=O) groups is 1. The third-order valence-corrected chi connectivity index (χ3v) is 7.56. The number of likely N-dealkylation sites (N-methyl/N-ethyl adjacent to an activating group) is 1. The van der Waals surface area contributed by atoms with Gasteiger partial charge in [0.2, 0.25) is 5.89 Å². The molecule has 2 amide bonds. The Morgan fingerprint density at radius 3 is 2.49 bits per heavy atom. The molecular weight excluding hydrogens is 504 g/mol. The van der Waals surface area contributed by atoms with Crippen LogP contribution < -0.4 is 9.80 Å². The molecule has 2 fully saturated rings. The fraction of sp³-hybridized carbons (Fsp3) is 0.393. The SMILES string of the molecule is CC(C)c1nc(C2CCN(c3ncnc4c(-c5ccc(N6CCN(C)C6=O)c(F)c5)cc(F)cc34)CC2)no1. The van der Waals surface area contributed by atoms with Crippen LogP contribution in [0.5, 0.6) is 0 Å². The Bertz CT molecular complexity index is 1550. The lowest BCUT2D eigenvalue weighted by Crippen LogP contribution is -2.34. The number of hydrogen-bond acceptors (Lipinski definition) is 7. The van der Waals surface area contributed by atoms with Crippen molar-refractivity contribution in [3.63, 3.8) is 0 Å². The number of benzene rings is 2. The van der Waals surface area contributed by atoms with Gasteiger partial charge in [-0.15, -0.1) is 0 Å². The molecule has 39 heavy (non-hydrogen) atoms. The van der Waals surface area contributed by atoms with Gasteiger partial charge in [-0.2, -0.15) is 4.98 Å². The van der Waals surface area contributed by atoms with Crippen molar-refractivity contribution in [2.75, 3.05) is 43.0 Å². The van der Waals surface area contributed by atoms with Crippen LogP contribution >= 0.6 is 0 Å². The molecule has 6 rings (SSSR count). The number of rotatable bonds is 5. The van der Waals surface area contributed by atoms with Crippen molar-refractivity contribution >= 4 is 28.4 Å². The predicted molar refractivity (Wildman–Crippen MR) is 143 cm³/mol. The molecular formula is C28H29F2N7O2. The van der Waals surface area contributed by atoms with Gasteiger partial charge >= 0.3 is 6.03 Å². The Hall–Kier alpha value is -4.15. The summed E-state index contributed by atoms with van der Waals surface area (Å²) in [5.41, 5.74) is 1.68. The largest absolute Gasteiger partial charge is 0.356 e. The number of fused-ring (bicyclic) bond motifs is 1. The van der Waals surface area contributed by atoms with Crippen LogP contribution in [-0.2, 0) is 0 Å². The molecule has 0 atom stereocenters. The normalized spacial score (nSPS) is 16.8. The van der Waals surface area contributed by atoms with E-state index in [0.717, 1.165) is 18.7 Å². The van der Waals surface area contributed by atoms with Crippen LogP contribution in [0, 0.1) is 11.6 Å². The number of piperidine rings is 1. The van der Waals surface area contributed by atoms with Gasteiger partial charge < -0.3 is 14.3 Å². The number of anilines is 2. The summed E-state index contributed by atoms with van der Waals surface area (Å²) >= 11 is 0. The van der Waals surface area contributed by atoms with Crippen LogP contribution in [0.15, 0.2) is 41.2 Å². The molecule has 9 nitrogen and oxygen atoms in total. The van der Waals surface area contributed by atoms with E-state index in [4.69, 9.17) is 4.52 Å². The number of urea groups is 1. The fourth-order valence-electron chi connectivity index (χ4n) is 5.35. The monoisotopic (exact) mass is 533 g/mol. The summed E-state index contributed by atoms with van der Waals surface area (Å²) in [6, 6.07) is 7.13. The zero-order valence-corrected chi connectivity index (χ0v) is 22.1. The van der Waals surface area contributed by atoms with Gasteiger partial charge in [-0.25, -0.2) is 23.5 Å². The summed E-state index contributed by atoms with van der Waals surface area (Å²) in [4.78, 5) is 30.9. The maximum Gasteiger partial charge on any atom is 0.324 e. The van der Waals surface area contributed by atoms with Gasteiger partial charge in [0.05, 0.1) is 11.2 Å². The number of aromatic nitrogens is 4. The zero-order valence-electron chi connectivity index (χ0n) is 22.1. The number of nitrogens with zero attached hydrogens (tertiary/aromatic N) is 7. The summed E-state index contributed by atoms with van der Waals surface area (Å²) in [5, 5.41) is 4.74. The molecule has 0 spiro atoms. The van der Waals surface area contributed by atoms with Crippen molar-refractivity contribution in [2.24, 2.45) is 0 Å². The first kappa shape index (κ1) is 25.1. The minimum Gasteiger partial charge on any atom is -0.356 e. The van der Waals surface area contributed by atoms with Gasteiger partial charge in [0.15, 0.2) is 5.82 Å². The summed E-state index contributed by atoms with van der Waals surface area (Å²) < 4.78 is 35.6. The molecule has 2 aromatic heterocycles. The molecule has 0 radical (unpaired) electrons. The molecule has 2 aromatic carbocycles. The van der Waals surface area contributed by atoms with Gasteiger partial charge in [-0.05, 0) is 42.7 Å². The van der Waals surface area contributed by atoms with Gasteiger partial charge in [0.25, 0.3) is 0 Å². The van der Waals surface area contributed by atoms with E-state index in [2.05, 4.69) is 25.0 Å². The molecule has 0 bridgehead atoms. The van der Waals surface area contributed by atoms with Crippen LogP contribution in [0.25, 0.3) is 22.0 Å². The number of carbonyl (C=O) groups excluding carboxylic acids is 1. The van der Waals surface area contributed by atoms with Crippen LogP contribution in [0.2, 0.25) is 0 Å². The second-order valence-electron chi connectivity index (χ2n) is 10.5. The Balaban J connectivity index is 1.29. The van der Waals surface area contributed by atoms with Crippen LogP contribution in [0.3, 0.4) is 0 Å². The highest BCUT2D eigenvalue weighted by atomic mass is 19.1. The number of hydrogen-bond donors (Lipinski definition) is 0. The van der Waals surface area contributed by atoms with Crippen molar-refractivity contribution in [1.82, 2.24) is 25.0 Å². The summed E-state index contributed by atoms with van der Waals surface area (Å²) in [5.74, 6) is 1.36. The molecule has 0 N–H and O–H groups in total. The summed E-state index contributed by atoms with van der Waals surface area (Å²) in [7, 11) is 1.68. The van der Waals surface area contributed by atoms with Gasteiger partial charge in [-0.1, -0.05) is 25.1 Å². The second-order valence-corrected chi connectivity index (χ2v) is 10.5. The van der Waals surface area contributed by atoms with Crippen LogP contribution in [-0.4, -0.2) is 64.3 Å². The Morgan fingerprint density at radius 1 is 1.03 bits per heavy atom. The van der Waals surface area contributed by atoms with Gasteiger partial charge in [0, 0.05) is 56.0 Å². The molecule has 11 heteroatoms. The predicted octanol–water partition coefficient (Wildman–Crippen LogP) is 5.34. The molecule has 2 saturated heterocycles. The highest BCUT2D eigenvalue weighted by molar-refractivity contribution is 6.00. The molecule has 4 heterocycles. The molecule has 0 unspecified atom stereocenters. The molecule has 2 aliphatic heterocycles. The van der Waals surface area contributed by atoms with E-state index in [-0.39, 0.29) is 23.6 Å². The standard InChI is InChI=1S/C28H29F2N7O2/c1-16(2)27-33-25(34-39-27)17-6-8-36(9-7-17)26-21-14-19(29)13-20(24(21)31-15-32-26)18-4-5-23(22(30)12-18)37-11-10-35(3)28(37)38/h4-5,12-17H,6-11H2,1-3H3. The van der Waals surface area contributed by atoms with Crippen molar-refractivity contribution in [1.29, 1.82) is 0 Å². The average Bonchev–Trinajstić information content (AvgIpc) is 3.56. The fourth-order valence-corrected chi connectivity index (χ4v) is 5.35. The molecule has 202 valence electrons. The zero-order chi connectivity index (χ0) is 27.3. The average molecular weight is 534 g/mol. The number of amides is 2. The molecule has 4 aromatic rings. The third kappa shape index (κ3) is 4.55. The van der Waals surface area contributed by atoms with Crippen LogP contribution in [0.4, 0.5) is 25.1 Å². The van der Waals surface area contributed by atoms with Gasteiger partial charge in [0.1, 0.15) is 23.8 Å². The van der Waals surface area contributed by atoms with E-state index < -0.39 is 11.6 Å². The smallest absolute Gasteiger partial charge is 0.324 e. The van der Waals surface area contributed by atoms with Crippen molar-refractivity contribution in [3.8, 4) is 11.1 Å². The number of halogens is 2. The first-order valence-corrected chi connectivity index (χ1v) is 13.2. The van der Waals surface area contributed by atoms with Crippen molar-refractivity contribution in [2.45, 2.75) is 38.5 Å². The topological polar surface area (TPSA) is 91.5 Å².